The second-order valence-corrected chi connectivity index (χ2v) is 5.93. The van der Waals surface area contributed by atoms with Crippen LogP contribution >= 0.6 is 34.2 Å². The first-order valence-electron chi connectivity index (χ1n) is 5.86. The maximum Gasteiger partial charge on any atom is 0.142 e. The third-order valence-corrected chi connectivity index (χ3v) is 4.77. The molecule has 0 aliphatic heterocycles. The van der Waals surface area contributed by atoms with Crippen molar-refractivity contribution in [3.05, 3.63) is 67.5 Å². The first kappa shape index (κ1) is 14.8. The Bertz CT molecular complexity index is 601. The highest BCUT2D eigenvalue weighted by Gasteiger charge is 2.14. The molecule has 0 bridgehead atoms. The fraction of sp³-hybridized carbons (Fsp3) is 0.200. The molecule has 0 fully saturated rings. The number of hydrogen-bond acceptors (Lipinski definition) is 1. The summed E-state index contributed by atoms with van der Waals surface area (Å²) in [6, 6.07) is 10.4. The molecule has 0 radical (unpaired) electrons. The van der Waals surface area contributed by atoms with Gasteiger partial charge in [0.25, 0.3) is 0 Å². The van der Waals surface area contributed by atoms with Crippen LogP contribution in [-0.4, -0.2) is 5.11 Å². The molecule has 2 aromatic rings. The first-order chi connectivity index (χ1) is 8.99. The van der Waals surface area contributed by atoms with Gasteiger partial charge in [0, 0.05) is 9.99 Å². The van der Waals surface area contributed by atoms with Crippen LogP contribution in [-0.2, 0) is 6.42 Å². The largest absolute Gasteiger partial charge is 0.388 e. The summed E-state index contributed by atoms with van der Waals surface area (Å²) in [5.74, 6) is -0.453. The van der Waals surface area contributed by atoms with E-state index in [9.17, 15) is 9.50 Å². The van der Waals surface area contributed by atoms with Crippen LogP contribution in [0, 0.1) is 16.3 Å². The molecule has 1 atom stereocenters. The summed E-state index contributed by atoms with van der Waals surface area (Å²) in [7, 11) is 0. The molecule has 0 aromatic heterocycles. The van der Waals surface area contributed by atoms with Crippen LogP contribution in [0.3, 0.4) is 0 Å². The van der Waals surface area contributed by atoms with Gasteiger partial charge < -0.3 is 5.11 Å². The third-order valence-electron chi connectivity index (χ3n) is 2.99. The van der Waals surface area contributed by atoms with Gasteiger partial charge >= 0.3 is 0 Å². The van der Waals surface area contributed by atoms with Crippen LogP contribution in [0.1, 0.15) is 22.8 Å². The second-order valence-electron chi connectivity index (χ2n) is 4.45. The molecule has 0 spiro atoms. The normalized spacial score (nSPS) is 12.5. The van der Waals surface area contributed by atoms with Crippen molar-refractivity contribution in [2.45, 2.75) is 19.4 Å². The number of benzene rings is 2. The Morgan fingerprint density at radius 2 is 2.05 bits per heavy atom. The molecule has 4 heteroatoms. The quantitative estimate of drug-likeness (QED) is 0.755. The topological polar surface area (TPSA) is 20.2 Å². The fourth-order valence-corrected chi connectivity index (χ4v) is 2.76. The van der Waals surface area contributed by atoms with Gasteiger partial charge in [0.1, 0.15) is 5.82 Å². The van der Waals surface area contributed by atoms with Gasteiger partial charge in [0.05, 0.1) is 11.1 Å². The van der Waals surface area contributed by atoms with Gasteiger partial charge in [0.2, 0.25) is 0 Å². The molecule has 0 heterocycles. The Hall–Kier alpha value is -0.650. The molecule has 0 aliphatic carbocycles. The molecular formula is C15H13ClFIO. The van der Waals surface area contributed by atoms with Crippen molar-refractivity contribution in [1.29, 1.82) is 0 Å². The summed E-state index contributed by atoms with van der Waals surface area (Å²) < 4.78 is 14.4. The van der Waals surface area contributed by atoms with Crippen LogP contribution in [0.2, 0.25) is 5.02 Å². The van der Waals surface area contributed by atoms with Gasteiger partial charge in [-0.15, -0.1) is 0 Å². The van der Waals surface area contributed by atoms with Crippen LogP contribution in [0.4, 0.5) is 4.39 Å². The van der Waals surface area contributed by atoms with Crippen molar-refractivity contribution in [2.75, 3.05) is 0 Å². The van der Waals surface area contributed by atoms with E-state index in [0.717, 1.165) is 20.3 Å². The molecule has 100 valence electrons. The Labute approximate surface area is 130 Å². The van der Waals surface area contributed by atoms with Crippen molar-refractivity contribution in [3.63, 3.8) is 0 Å². The van der Waals surface area contributed by atoms with E-state index in [1.807, 2.05) is 25.1 Å². The predicted octanol–water partition coefficient (Wildman–Crippen LogP) is 4.67. The molecule has 0 aliphatic rings. The number of rotatable bonds is 3. The lowest BCUT2D eigenvalue weighted by atomic mass is 10.00. The first-order valence-corrected chi connectivity index (χ1v) is 7.31. The number of aryl methyl sites for hydroxylation is 1. The number of aliphatic hydroxyl groups is 1. The van der Waals surface area contributed by atoms with E-state index in [1.165, 1.54) is 12.1 Å². The van der Waals surface area contributed by atoms with Gasteiger partial charge in [-0.1, -0.05) is 35.9 Å². The monoisotopic (exact) mass is 390 g/mol. The fourth-order valence-electron chi connectivity index (χ4n) is 1.93. The maximum absolute atomic E-state index is 13.4. The van der Waals surface area contributed by atoms with Gasteiger partial charge in [-0.3, -0.25) is 0 Å². The van der Waals surface area contributed by atoms with Crippen LogP contribution in [0.15, 0.2) is 36.4 Å². The summed E-state index contributed by atoms with van der Waals surface area (Å²) in [6.45, 7) is 2.00. The zero-order valence-corrected chi connectivity index (χ0v) is 13.2. The molecular weight excluding hydrogens is 378 g/mol. The van der Waals surface area contributed by atoms with E-state index in [-0.39, 0.29) is 5.02 Å². The summed E-state index contributed by atoms with van der Waals surface area (Å²) in [5.41, 5.74) is 2.72. The second kappa shape index (κ2) is 6.20. The molecule has 0 saturated carbocycles. The Morgan fingerprint density at radius 1 is 1.32 bits per heavy atom. The van der Waals surface area contributed by atoms with Crippen molar-refractivity contribution < 1.29 is 9.50 Å². The minimum atomic E-state index is -0.646. The number of halogens is 3. The molecule has 2 rings (SSSR count). The standard InChI is InChI=1S/C15H13ClFIO/c1-9-3-2-4-11(15(9)18)14(19)8-10-5-6-12(16)13(17)7-10/h2-7,14,19H,8H2,1H3. The van der Waals surface area contributed by atoms with Crippen LogP contribution < -0.4 is 0 Å². The average molecular weight is 391 g/mol. The van der Waals surface area contributed by atoms with Gasteiger partial charge in [-0.2, -0.15) is 0 Å². The lowest BCUT2D eigenvalue weighted by molar-refractivity contribution is 0.177. The van der Waals surface area contributed by atoms with E-state index in [1.54, 1.807) is 6.07 Å². The number of hydrogen-bond donors (Lipinski definition) is 1. The SMILES string of the molecule is Cc1cccc(C(O)Cc2ccc(Cl)c(F)c2)c1I. The van der Waals surface area contributed by atoms with E-state index in [4.69, 9.17) is 11.6 Å². The molecule has 19 heavy (non-hydrogen) atoms. The van der Waals surface area contributed by atoms with E-state index in [0.29, 0.717) is 6.42 Å². The molecule has 1 unspecified atom stereocenters. The minimum Gasteiger partial charge on any atom is -0.388 e. The van der Waals surface area contributed by atoms with Gasteiger partial charge in [-0.25, -0.2) is 4.39 Å². The Kier molecular flexibility index (Phi) is 4.81. The van der Waals surface area contributed by atoms with Crippen molar-refractivity contribution in [1.82, 2.24) is 0 Å². The van der Waals surface area contributed by atoms with Gasteiger partial charge in [-0.05, 0) is 58.3 Å². The zero-order valence-electron chi connectivity index (χ0n) is 10.3. The Morgan fingerprint density at radius 3 is 2.74 bits per heavy atom. The molecule has 0 saturated heterocycles. The van der Waals surface area contributed by atoms with Gasteiger partial charge in [0.15, 0.2) is 0 Å². The zero-order chi connectivity index (χ0) is 14.0. The minimum absolute atomic E-state index is 0.100. The molecule has 1 nitrogen and oxygen atoms in total. The smallest absolute Gasteiger partial charge is 0.142 e. The third kappa shape index (κ3) is 3.46. The van der Waals surface area contributed by atoms with E-state index >= 15 is 0 Å². The molecule has 1 N–H and O–H groups in total. The highest BCUT2D eigenvalue weighted by molar-refractivity contribution is 14.1. The van der Waals surface area contributed by atoms with Crippen molar-refractivity contribution >= 4 is 34.2 Å². The average Bonchev–Trinajstić information content (AvgIpc) is 2.37. The van der Waals surface area contributed by atoms with Crippen LogP contribution in [0.5, 0.6) is 0 Å². The summed E-state index contributed by atoms with van der Waals surface area (Å²) in [5, 5.41) is 10.4. The summed E-state index contributed by atoms with van der Waals surface area (Å²) in [4.78, 5) is 0. The summed E-state index contributed by atoms with van der Waals surface area (Å²) in [6.07, 6.45) is -0.277. The summed E-state index contributed by atoms with van der Waals surface area (Å²) >= 11 is 7.86. The van der Waals surface area contributed by atoms with E-state index < -0.39 is 11.9 Å². The number of aliphatic hydroxyl groups excluding tert-OH is 1. The van der Waals surface area contributed by atoms with Crippen LogP contribution in [0.25, 0.3) is 0 Å². The Balaban J connectivity index is 2.23. The lowest BCUT2D eigenvalue weighted by Crippen LogP contribution is -2.05. The highest BCUT2D eigenvalue weighted by Crippen LogP contribution is 2.26. The van der Waals surface area contributed by atoms with Crippen molar-refractivity contribution in [2.24, 2.45) is 0 Å². The maximum atomic E-state index is 13.4. The van der Waals surface area contributed by atoms with E-state index in [2.05, 4.69) is 22.6 Å². The highest BCUT2D eigenvalue weighted by atomic mass is 127. The molecule has 0 amide bonds. The lowest BCUT2D eigenvalue weighted by Gasteiger charge is -2.14. The van der Waals surface area contributed by atoms with Crippen molar-refractivity contribution in [3.8, 4) is 0 Å². The predicted molar refractivity (Wildman–Crippen MR) is 84.0 cm³/mol. The molecule has 2 aromatic carbocycles.